The van der Waals surface area contributed by atoms with Crippen molar-refractivity contribution >= 4 is 63.7 Å². The van der Waals surface area contributed by atoms with E-state index in [2.05, 4.69) is 0 Å². The summed E-state index contributed by atoms with van der Waals surface area (Å²) < 4.78 is 167. The van der Waals surface area contributed by atoms with E-state index in [-0.39, 0.29) is 82.1 Å². The van der Waals surface area contributed by atoms with Crippen molar-refractivity contribution < 1.29 is 101 Å². The van der Waals surface area contributed by atoms with Gasteiger partial charge in [-0.1, -0.05) is 62.4 Å². The highest BCUT2D eigenvalue weighted by Crippen LogP contribution is 2.37. The van der Waals surface area contributed by atoms with E-state index in [1.54, 1.807) is 91.7 Å². The van der Waals surface area contributed by atoms with Crippen LogP contribution in [-0.4, -0.2) is 153 Å². The van der Waals surface area contributed by atoms with Crippen LogP contribution in [0.1, 0.15) is 152 Å². The first-order chi connectivity index (χ1) is 54.0. The first kappa shape index (κ1) is 87.3. The number of carbonyl (C=O) groups is 4. The van der Waals surface area contributed by atoms with Crippen molar-refractivity contribution in [1.82, 2.24) is 39.1 Å². The molecule has 34 heteroatoms. The molecular formula is C79H91F3N8O19S4. The lowest BCUT2D eigenvalue weighted by Crippen LogP contribution is -2.33. The Morgan fingerprint density at radius 3 is 1.12 bits per heavy atom. The zero-order valence-corrected chi connectivity index (χ0v) is 66.1. The Kier molecular flexibility index (Phi) is 30.4. The fourth-order valence-corrected chi connectivity index (χ4v) is 19.5. The lowest BCUT2D eigenvalue weighted by atomic mass is 9.99. The Morgan fingerprint density at radius 1 is 0.398 bits per heavy atom. The number of benzene rings is 8. The zero-order chi connectivity index (χ0) is 82.0. The third-order valence-corrected chi connectivity index (χ3v) is 27.0. The van der Waals surface area contributed by atoms with Crippen molar-refractivity contribution in [1.29, 1.82) is 0 Å². The van der Waals surface area contributed by atoms with Crippen LogP contribution < -0.4 is 36.1 Å². The van der Waals surface area contributed by atoms with Crippen LogP contribution in [0.4, 0.5) is 13.2 Å². The first-order valence-electron chi connectivity index (χ1n) is 36.5. The minimum atomic E-state index is -3.94. The minimum Gasteiger partial charge on any atom is -0.497 e. The second-order valence-electron chi connectivity index (χ2n) is 26.7. The molecule has 12 rings (SSSR count). The molecule has 0 saturated heterocycles. The maximum atomic E-state index is 14.8. The Hall–Kier alpha value is -9.69. The van der Waals surface area contributed by atoms with E-state index in [0.717, 1.165) is 51.3 Å². The number of hydroxylamine groups is 4. The highest BCUT2D eigenvalue weighted by Gasteiger charge is 2.34. The highest BCUT2D eigenvalue weighted by atomic mass is 32.2. The van der Waals surface area contributed by atoms with Crippen LogP contribution in [0.3, 0.4) is 0 Å². The predicted octanol–water partition coefficient (Wildman–Crippen LogP) is 11.0. The number of carbonyl (C=O) groups excluding carboxylic acids is 4. The highest BCUT2D eigenvalue weighted by molar-refractivity contribution is 7.90. The second kappa shape index (κ2) is 39.4. The maximum absolute atomic E-state index is 14.8. The number of halogens is 3. The summed E-state index contributed by atoms with van der Waals surface area (Å²) in [5, 5.41) is 35.3. The molecule has 0 saturated carbocycles. The lowest BCUT2D eigenvalue weighted by Gasteiger charge is -2.22. The van der Waals surface area contributed by atoms with Crippen molar-refractivity contribution in [2.45, 2.75) is 128 Å². The Labute approximate surface area is 655 Å². The SMILES string of the molecule is CCCS(=O)(=O)N1CCCc2cc(C(=O)NO)cc(F)c2C1.CCCS(=O)(=O)N1CCCc2cc(C(=O)NO)cc(OCC)c2C1.CCOc1cc(C(=O)NO)cc2c1CN(S(=O)(=O)c1ccc(-c3ccc(OC)cc3)cc1)CCC2.O=C(NO)c1cc(F)c2c(c1)CCCN(S(=O)(=O)c1cccc(-c3ccc(F)cc3)c1)C2. The number of aryl methyl sites for hydroxylation is 4. The van der Waals surface area contributed by atoms with E-state index < -0.39 is 75.4 Å². The normalized spacial score (nSPS) is 14.8. The lowest BCUT2D eigenvalue weighted by molar-refractivity contribution is 0.0701. The van der Waals surface area contributed by atoms with Crippen LogP contribution in [0.15, 0.2) is 155 Å². The molecule has 4 amide bonds. The molecule has 606 valence electrons. The average molecular weight is 1640 g/mol. The molecule has 0 atom stereocenters. The number of hydrogen-bond donors (Lipinski definition) is 8. The molecule has 4 heterocycles. The van der Waals surface area contributed by atoms with Gasteiger partial charge in [-0.3, -0.25) is 40.0 Å². The quantitative estimate of drug-likeness (QED) is 0.0245. The summed E-state index contributed by atoms with van der Waals surface area (Å²) in [7, 11) is -12.8. The van der Waals surface area contributed by atoms with Gasteiger partial charge in [-0.05, 0) is 220 Å². The molecule has 0 aromatic heterocycles. The number of nitrogens with zero attached hydrogens (tertiary/aromatic N) is 4. The van der Waals surface area contributed by atoms with E-state index in [0.29, 0.717) is 142 Å². The Morgan fingerprint density at radius 2 is 0.735 bits per heavy atom. The fourth-order valence-electron chi connectivity index (χ4n) is 13.6. The number of fused-ring (bicyclic) bond motifs is 4. The van der Waals surface area contributed by atoms with Crippen LogP contribution in [0.2, 0.25) is 0 Å². The van der Waals surface area contributed by atoms with Gasteiger partial charge in [0, 0.05) is 96.9 Å². The van der Waals surface area contributed by atoms with Gasteiger partial charge in [0.2, 0.25) is 40.1 Å². The van der Waals surface area contributed by atoms with Gasteiger partial charge in [-0.15, -0.1) is 0 Å². The van der Waals surface area contributed by atoms with Gasteiger partial charge in [0.1, 0.15) is 34.7 Å². The van der Waals surface area contributed by atoms with E-state index in [1.165, 1.54) is 70.6 Å². The van der Waals surface area contributed by atoms with Crippen molar-refractivity contribution in [2.24, 2.45) is 0 Å². The van der Waals surface area contributed by atoms with Gasteiger partial charge >= 0.3 is 0 Å². The van der Waals surface area contributed by atoms with Crippen LogP contribution >= 0.6 is 0 Å². The molecular weight excluding hydrogens is 1550 g/mol. The monoisotopic (exact) mass is 1640 g/mol. The van der Waals surface area contributed by atoms with Crippen molar-refractivity contribution in [3.63, 3.8) is 0 Å². The van der Waals surface area contributed by atoms with Crippen molar-refractivity contribution in [3.05, 3.63) is 230 Å². The predicted molar refractivity (Wildman–Crippen MR) is 413 cm³/mol. The van der Waals surface area contributed by atoms with Gasteiger partial charge in [0.05, 0.1) is 41.6 Å². The standard InChI is InChI=1S/C26H28N2O6S.C23H20F2N2O4S.C16H24N2O5S.C14H19FN2O4S/c1-3-34-25-16-21(26(29)27-30)15-20-5-4-14-28(17-24(20)25)35(31,32)23-12-8-19(9-13-23)18-6-10-22(33-2)11-7-18;24-19-8-6-15(7-9-19)16-3-1-5-20(12-16)32(30,31)27-10-2-4-17-11-18(23(28)26-29)13-22(25)21(17)14-27;1-3-8-24(21,22)18-7-5-6-12-9-13(16(19)17-20)10-15(23-4-2)14(12)11-18;1-2-6-22(20,21)17-5-3-4-10-7-11(14(18)16-19)8-13(15)12(10)9-17/h6-13,15-16,30H,3-5,14,17H2,1-2H3,(H,27,29);1,3,5-9,11-13,29H,2,4,10,14H2,(H,26,28);9-10,20H,3-8,11H2,1-2H3,(H,17,19);7-8,19H,2-6,9H2,1H3,(H,16,18). The number of nitrogens with one attached hydrogen (secondary N) is 4. The number of rotatable bonds is 21. The molecule has 4 aliphatic heterocycles. The van der Waals surface area contributed by atoms with Gasteiger partial charge in [-0.2, -0.15) is 17.2 Å². The molecule has 27 nitrogen and oxygen atoms in total. The Bertz CT molecular complexity index is 5230. The van der Waals surface area contributed by atoms with E-state index in [4.69, 9.17) is 35.0 Å². The second-order valence-corrected chi connectivity index (χ2v) is 34.8. The molecule has 8 aromatic rings. The molecule has 0 aliphatic carbocycles. The molecule has 0 bridgehead atoms. The van der Waals surface area contributed by atoms with Crippen LogP contribution in [-0.2, 0) is 92.0 Å². The summed E-state index contributed by atoms with van der Waals surface area (Å²) in [4.78, 5) is 47.1. The summed E-state index contributed by atoms with van der Waals surface area (Å²) in [6.45, 7) is 9.50. The Balaban J connectivity index is 0.000000176. The van der Waals surface area contributed by atoms with E-state index in [9.17, 15) is 66.0 Å². The summed E-state index contributed by atoms with van der Waals surface area (Å²) in [6.07, 6.45) is 5.44. The zero-order valence-electron chi connectivity index (χ0n) is 62.9. The minimum absolute atomic E-state index is 0.0172. The molecule has 4 aliphatic rings. The molecule has 8 N–H and O–H groups in total. The first-order valence-corrected chi connectivity index (χ1v) is 42.6. The van der Waals surface area contributed by atoms with E-state index >= 15 is 0 Å². The number of hydrogen-bond acceptors (Lipinski definition) is 19. The van der Waals surface area contributed by atoms with Gasteiger partial charge < -0.3 is 14.2 Å². The summed E-state index contributed by atoms with van der Waals surface area (Å²) in [6, 6.07) is 37.9. The molecule has 0 fully saturated rings. The van der Waals surface area contributed by atoms with Crippen molar-refractivity contribution in [3.8, 4) is 39.5 Å². The maximum Gasteiger partial charge on any atom is 0.274 e. The van der Waals surface area contributed by atoms with Gasteiger partial charge in [0.25, 0.3) is 23.6 Å². The van der Waals surface area contributed by atoms with Crippen LogP contribution in [0.25, 0.3) is 22.3 Å². The van der Waals surface area contributed by atoms with Crippen molar-refractivity contribution in [2.75, 3.05) is 58.0 Å². The fraction of sp³-hybridized carbons (Fsp3) is 0.342. The number of ether oxygens (including phenoxy) is 3. The molecule has 113 heavy (non-hydrogen) atoms. The smallest absolute Gasteiger partial charge is 0.274 e. The van der Waals surface area contributed by atoms with Gasteiger partial charge in [-0.25, -0.2) is 68.8 Å². The summed E-state index contributed by atoms with van der Waals surface area (Å²) in [5.74, 6) is -2.75. The number of methoxy groups -OCH3 is 1. The molecule has 8 aromatic carbocycles. The third kappa shape index (κ3) is 21.6. The van der Waals surface area contributed by atoms with E-state index in [1.807, 2.05) is 45.0 Å². The van der Waals surface area contributed by atoms with Crippen LogP contribution in [0, 0.1) is 17.5 Å². The molecule has 0 radical (unpaired) electrons. The number of sulfonamides is 4. The summed E-state index contributed by atoms with van der Waals surface area (Å²) in [5.41, 5.74) is 14.8. The summed E-state index contributed by atoms with van der Waals surface area (Å²) >= 11 is 0. The molecule has 0 spiro atoms. The topological polar surface area (TPSA) is 375 Å². The number of amides is 4. The van der Waals surface area contributed by atoms with Crippen LogP contribution in [0.5, 0.6) is 17.2 Å². The van der Waals surface area contributed by atoms with Gasteiger partial charge in [0.15, 0.2) is 0 Å². The third-order valence-electron chi connectivity index (χ3n) is 19.3. The average Bonchev–Trinajstić information content (AvgIpc) is 1.76. The molecule has 0 unspecified atom stereocenters. The largest absolute Gasteiger partial charge is 0.497 e.